The molecule has 0 unspecified atom stereocenters. The van der Waals surface area contributed by atoms with Crippen molar-refractivity contribution in [1.29, 1.82) is 0 Å². The molecule has 1 N–H and O–H groups in total. The van der Waals surface area contributed by atoms with Gasteiger partial charge >= 0.3 is 0 Å². The van der Waals surface area contributed by atoms with Gasteiger partial charge in [0.15, 0.2) is 0 Å². The lowest BCUT2D eigenvalue weighted by molar-refractivity contribution is -0.384. The molecule has 1 rings (SSSR count). The zero-order chi connectivity index (χ0) is 13.7. The minimum absolute atomic E-state index is 0.0358. The standard InChI is InChI=1S/C12H17ClN2O3/c1-3-4-14(5-6-16)11-8-10(13)12(15(17)18)7-9(11)2/h7-8,16H,3-6H2,1-2H3. The van der Waals surface area contributed by atoms with Crippen LogP contribution in [0, 0.1) is 17.0 Å². The molecular weight excluding hydrogens is 256 g/mol. The van der Waals surface area contributed by atoms with Crippen LogP contribution in [0.4, 0.5) is 11.4 Å². The molecule has 0 atom stereocenters. The molecule has 0 fully saturated rings. The second kappa shape index (κ2) is 6.56. The summed E-state index contributed by atoms with van der Waals surface area (Å²) in [5.41, 5.74) is 1.54. The molecule has 0 saturated carbocycles. The van der Waals surface area contributed by atoms with Crippen LogP contribution in [0.1, 0.15) is 18.9 Å². The highest BCUT2D eigenvalue weighted by Crippen LogP contribution is 2.32. The fourth-order valence-electron chi connectivity index (χ4n) is 1.88. The Balaban J connectivity index is 3.15. The van der Waals surface area contributed by atoms with Crippen LogP contribution in [-0.4, -0.2) is 29.7 Å². The van der Waals surface area contributed by atoms with E-state index in [1.54, 1.807) is 13.0 Å². The number of rotatable bonds is 6. The Labute approximate surface area is 111 Å². The monoisotopic (exact) mass is 272 g/mol. The second-order valence-corrected chi connectivity index (χ2v) is 4.47. The summed E-state index contributed by atoms with van der Waals surface area (Å²) in [4.78, 5) is 12.3. The first-order valence-electron chi connectivity index (χ1n) is 5.81. The number of nitro groups is 1. The van der Waals surface area contributed by atoms with Crippen LogP contribution in [0.5, 0.6) is 0 Å². The van der Waals surface area contributed by atoms with E-state index in [9.17, 15) is 10.1 Å². The van der Waals surface area contributed by atoms with Crippen molar-refractivity contribution >= 4 is 23.0 Å². The van der Waals surface area contributed by atoms with E-state index < -0.39 is 4.92 Å². The number of anilines is 1. The van der Waals surface area contributed by atoms with Gasteiger partial charge in [-0.2, -0.15) is 0 Å². The molecule has 18 heavy (non-hydrogen) atoms. The molecule has 0 aliphatic heterocycles. The van der Waals surface area contributed by atoms with Crippen molar-refractivity contribution in [3.05, 3.63) is 32.8 Å². The fourth-order valence-corrected chi connectivity index (χ4v) is 2.11. The summed E-state index contributed by atoms with van der Waals surface area (Å²) in [6.07, 6.45) is 0.925. The van der Waals surface area contributed by atoms with Crippen LogP contribution in [-0.2, 0) is 0 Å². The molecule has 1 aromatic rings. The van der Waals surface area contributed by atoms with Gasteiger partial charge in [0.1, 0.15) is 5.02 Å². The smallest absolute Gasteiger partial charge is 0.288 e. The fraction of sp³-hybridized carbons (Fsp3) is 0.500. The molecule has 0 aromatic heterocycles. The third kappa shape index (κ3) is 3.34. The van der Waals surface area contributed by atoms with Crippen molar-refractivity contribution in [3.8, 4) is 0 Å². The van der Waals surface area contributed by atoms with Gasteiger partial charge in [0.05, 0.1) is 11.5 Å². The molecule has 0 aliphatic rings. The molecule has 1 aromatic carbocycles. The minimum Gasteiger partial charge on any atom is -0.395 e. The van der Waals surface area contributed by atoms with Gasteiger partial charge in [0, 0.05) is 24.8 Å². The molecule has 0 heterocycles. The predicted octanol–water partition coefficient (Wildman–Crippen LogP) is 2.77. The predicted molar refractivity (Wildman–Crippen MR) is 72.4 cm³/mol. The molecule has 6 heteroatoms. The van der Waals surface area contributed by atoms with E-state index in [1.807, 2.05) is 11.8 Å². The number of halogens is 1. The van der Waals surface area contributed by atoms with Crippen molar-refractivity contribution in [2.75, 3.05) is 24.6 Å². The molecule has 5 nitrogen and oxygen atoms in total. The quantitative estimate of drug-likeness (QED) is 0.639. The van der Waals surface area contributed by atoms with Crippen molar-refractivity contribution in [2.45, 2.75) is 20.3 Å². The first-order valence-corrected chi connectivity index (χ1v) is 6.19. The zero-order valence-electron chi connectivity index (χ0n) is 10.5. The lowest BCUT2D eigenvalue weighted by Crippen LogP contribution is -2.28. The molecule has 0 aliphatic carbocycles. The minimum atomic E-state index is -0.491. The maximum atomic E-state index is 10.8. The highest BCUT2D eigenvalue weighted by molar-refractivity contribution is 6.33. The summed E-state index contributed by atoms with van der Waals surface area (Å²) in [5, 5.41) is 19.9. The molecule has 0 radical (unpaired) electrons. The average Bonchev–Trinajstić information content (AvgIpc) is 2.31. The van der Waals surface area contributed by atoms with Gasteiger partial charge in [-0.3, -0.25) is 10.1 Å². The Kier molecular flexibility index (Phi) is 5.37. The first-order chi connectivity index (χ1) is 8.51. The number of aryl methyl sites for hydroxylation is 1. The van der Waals surface area contributed by atoms with Crippen LogP contribution in [0.2, 0.25) is 5.02 Å². The summed E-state index contributed by atoms with van der Waals surface area (Å²) >= 11 is 5.91. The lowest BCUT2D eigenvalue weighted by Gasteiger charge is -2.25. The van der Waals surface area contributed by atoms with E-state index in [2.05, 4.69) is 0 Å². The van der Waals surface area contributed by atoms with Crippen LogP contribution in [0.3, 0.4) is 0 Å². The molecule has 0 amide bonds. The topological polar surface area (TPSA) is 66.6 Å². The summed E-state index contributed by atoms with van der Waals surface area (Å²) in [6.45, 7) is 5.14. The molecule has 0 spiro atoms. The summed E-state index contributed by atoms with van der Waals surface area (Å²) in [5.74, 6) is 0. The summed E-state index contributed by atoms with van der Waals surface area (Å²) < 4.78 is 0. The van der Waals surface area contributed by atoms with E-state index in [-0.39, 0.29) is 17.3 Å². The van der Waals surface area contributed by atoms with Gasteiger partial charge in [0.25, 0.3) is 5.69 Å². The first kappa shape index (κ1) is 14.7. The Morgan fingerprint density at radius 2 is 2.11 bits per heavy atom. The van der Waals surface area contributed by atoms with Gasteiger partial charge in [-0.1, -0.05) is 18.5 Å². The maximum Gasteiger partial charge on any atom is 0.288 e. The van der Waals surface area contributed by atoms with Crippen molar-refractivity contribution in [3.63, 3.8) is 0 Å². The maximum absolute atomic E-state index is 10.8. The third-order valence-corrected chi connectivity index (χ3v) is 2.97. The lowest BCUT2D eigenvalue weighted by atomic mass is 10.1. The number of nitro benzene ring substituents is 1. The van der Waals surface area contributed by atoms with Crippen LogP contribution in [0.25, 0.3) is 0 Å². The van der Waals surface area contributed by atoms with Gasteiger partial charge in [0.2, 0.25) is 0 Å². The number of hydrogen-bond acceptors (Lipinski definition) is 4. The normalized spacial score (nSPS) is 10.4. The second-order valence-electron chi connectivity index (χ2n) is 4.06. The van der Waals surface area contributed by atoms with E-state index in [0.717, 1.165) is 24.2 Å². The SMILES string of the molecule is CCCN(CCO)c1cc(Cl)c([N+](=O)[O-])cc1C. The van der Waals surface area contributed by atoms with Gasteiger partial charge in [-0.25, -0.2) is 0 Å². The van der Waals surface area contributed by atoms with E-state index in [4.69, 9.17) is 16.7 Å². The molecule has 100 valence electrons. The van der Waals surface area contributed by atoms with Crippen molar-refractivity contribution in [2.24, 2.45) is 0 Å². The largest absolute Gasteiger partial charge is 0.395 e. The van der Waals surface area contributed by atoms with Crippen LogP contribution < -0.4 is 4.90 Å². The number of hydrogen-bond donors (Lipinski definition) is 1. The van der Waals surface area contributed by atoms with Gasteiger partial charge in [-0.05, 0) is 25.0 Å². The average molecular weight is 273 g/mol. The Hall–Kier alpha value is -1.33. The summed E-state index contributed by atoms with van der Waals surface area (Å²) in [7, 11) is 0. The highest BCUT2D eigenvalue weighted by atomic mass is 35.5. The zero-order valence-corrected chi connectivity index (χ0v) is 11.3. The van der Waals surface area contributed by atoms with Crippen LogP contribution in [0.15, 0.2) is 12.1 Å². The van der Waals surface area contributed by atoms with E-state index >= 15 is 0 Å². The third-order valence-electron chi connectivity index (χ3n) is 2.67. The van der Waals surface area contributed by atoms with Crippen molar-refractivity contribution < 1.29 is 10.0 Å². The number of benzene rings is 1. The van der Waals surface area contributed by atoms with E-state index in [0.29, 0.717) is 6.54 Å². The van der Waals surface area contributed by atoms with Gasteiger partial charge in [-0.15, -0.1) is 0 Å². The van der Waals surface area contributed by atoms with Gasteiger partial charge < -0.3 is 10.0 Å². The number of aliphatic hydroxyl groups is 1. The van der Waals surface area contributed by atoms with Crippen molar-refractivity contribution in [1.82, 2.24) is 0 Å². The highest BCUT2D eigenvalue weighted by Gasteiger charge is 2.17. The Morgan fingerprint density at radius 3 is 2.61 bits per heavy atom. The Bertz CT molecular complexity index is 432. The summed E-state index contributed by atoms with van der Waals surface area (Å²) in [6, 6.07) is 3.07. The Morgan fingerprint density at radius 1 is 1.44 bits per heavy atom. The number of nitrogens with zero attached hydrogens (tertiary/aromatic N) is 2. The molecule has 0 saturated heterocycles. The number of aliphatic hydroxyl groups excluding tert-OH is 1. The van der Waals surface area contributed by atoms with E-state index in [1.165, 1.54) is 6.07 Å². The molecular formula is C12H17ClN2O3. The van der Waals surface area contributed by atoms with Crippen LogP contribution >= 0.6 is 11.6 Å². The molecule has 0 bridgehead atoms.